The zero-order valence-corrected chi connectivity index (χ0v) is 10.2. The second-order valence-corrected chi connectivity index (χ2v) is 5.13. The maximum Gasteiger partial charge on any atom is 0.330 e. The van der Waals surface area contributed by atoms with E-state index < -0.39 is 28.7 Å². The number of nitrogens with one attached hydrogen (secondary N) is 1. The van der Waals surface area contributed by atoms with Crippen LogP contribution in [0.15, 0.2) is 21.9 Å². The zero-order valence-electron chi connectivity index (χ0n) is 10.2. The molecule has 0 aromatic carbocycles. The third kappa shape index (κ3) is 2.12. The summed E-state index contributed by atoms with van der Waals surface area (Å²) in [7, 11) is 0. The third-order valence-electron chi connectivity index (χ3n) is 3.10. The van der Waals surface area contributed by atoms with Gasteiger partial charge in [-0.15, -0.1) is 0 Å². The fraction of sp³-hybridized carbons (Fsp3) is 0.636. The number of aromatic amines is 1. The molecule has 0 radical (unpaired) electrons. The standard InChI is InChI=1S/C11H16N2O5/c1-10(6-14)5-11(2,17)8(18-10)13-4-3-7(15)12-9(13)16/h3-4,8,14,17H,5-6H2,1-2H3,(H,12,15,16). The Morgan fingerprint density at radius 1 is 1.56 bits per heavy atom. The van der Waals surface area contributed by atoms with Crippen molar-refractivity contribution in [2.45, 2.75) is 37.7 Å². The van der Waals surface area contributed by atoms with Crippen molar-refractivity contribution in [3.63, 3.8) is 0 Å². The zero-order chi connectivity index (χ0) is 13.6. The Labute approximate surface area is 103 Å². The number of rotatable bonds is 2. The van der Waals surface area contributed by atoms with Crippen LogP contribution in [0, 0.1) is 0 Å². The number of aliphatic hydroxyl groups excluding tert-OH is 1. The maximum absolute atomic E-state index is 11.7. The minimum Gasteiger partial charge on any atom is -0.393 e. The quantitative estimate of drug-likeness (QED) is 0.626. The molecule has 0 bridgehead atoms. The van der Waals surface area contributed by atoms with Gasteiger partial charge in [0, 0.05) is 18.7 Å². The van der Waals surface area contributed by atoms with Gasteiger partial charge in [0.2, 0.25) is 0 Å². The van der Waals surface area contributed by atoms with E-state index in [1.807, 2.05) is 0 Å². The number of hydrogen-bond donors (Lipinski definition) is 3. The first-order valence-electron chi connectivity index (χ1n) is 5.60. The largest absolute Gasteiger partial charge is 0.393 e. The predicted molar refractivity (Wildman–Crippen MR) is 62.2 cm³/mol. The fourth-order valence-electron chi connectivity index (χ4n) is 2.34. The van der Waals surface area contributed by atoms with E-state index in [4.69, 9.17) is 4.74 Å². The lowest BCUT2D eigenvalue weighted by atomic mass is 9.93. The summed E-state index contributed by atoms with van der Waals surface area (Å²) in [6.07, 6.45) is 0.509. The second-order valence-electron chi connectivity index (χ2n) is 5.13. The Morgan fingerprint density at radius 3 is 2.72 bits per heavy atom. The number of H-pyrrole nitrogens is 1. The van der Waals surface area contributed by atoms with Crippen molar-refractivity contribution in [1.82, 2.24) is 9.55 Å². The average Bonchev–Trinajstić information content (AvgIpc) is 2.50. The van der Waals surface area contributed by atoms with E-state index in [0.29, 0.717) is 0 Å². The number of aromatic nitrogens is 2. The molecule has 0 aliphatic carbocycles. The molecule has 3 atom stereocenters. The van der Waals surface area contributed by atoms with Crippen LogP contribution in [0.3, 0.4) is 0 Å². The van der Waals surface area contributed by atoms with E-state index in [2.05, 4.69) is 4.98 Å². The van der Waals surface area contributed by atoms with Crippen molar-refractivity contribution in [1.29, 1.82) is 0 Å². The van der Waals surface area contributed by atoms with Crippen molar-refractivity contribution in [2.24, 2.45) is 0 Å². The molecular formula is C11H16N2O5. The Balaban J connectivity index is 2.45. The van der Waals surface area contributed by atoms with E-state index in [1.54, 1.807) is 6.92 Å². The van der Waals surface area contributed by atoms with Crippen molar-refractivity contribution in [2.75, 3.05) is 6.61 Å². The number of hydrogen-bond acceptors (Lipinski definition) is 5. The van der Waals surface area contributed by atoms with Crippen LogP contribution in [0.2, 0.25) is 0 Å². The molecule has 0 spiro atoms. The molecule has 7 nitrogen and oxygen atoms in total. The van der Waals surface area contributed by atoms with Crippen LogP contribution in [0.4, 0.5) is 0 Å². The van der Waals surface area contributed by atoms with E-state index in [-0.39, 0.29) is 13.0 Å². The summed E-state index contributed by atoms with van der Waals surface area (Å²) in [5, 5.41) is 19.5. The summed E-state index contributed by atoms with van der Waals surface area (Å²) in [6.45, 7) is 2.91. The molecule has 1 saturated heterocycles. The van der Waals surface area contributed by atoms with Crippen molar-refractivity contribution < 1.29 is 14.9 Å². The highest BCUT2D eigenvalue weighted by Crippen LogP contribution is 2.42. The summed E-state index contributed by atoms with van der Waals surface area (Å²) in [5.74, 6) is 0. The van der Waals surface area contributed by atoms with Crippen LogP contribution in [-0.2, 0) is 4.74 Å². The van der Waals surface area contributed by atoms with Crippen LogP contribution in [0.25, 0.3) is 0 Å². The van der Waals surface area contributed by atoms with E-state index in [1.165, 1.54) is 19.2 Å². The monoisotopic (exact) mass is 256 g/mol. The molecule has 0 saturated carbocycles. The molecule has 2 rings (SSSR count). The summed E-state index contributed by atoms with van der Waals surface area (Å²) in [6, 6.07) is 1.18. The van der Waals surface area contributed by atoms with Crippen LogP contribution < -0.4 is 11.2 Å². The normalized spacial score (nSPS) is 35.9. The Hall–Kier alpha value is -1.44. The molecule has 18 heavy (non-hydrogen) atoms. The maximum atomic E-state index is 11.7. The number of aliphatic hydroxyl groups is 2. The van der Waals surface area contributed by atoms with Gasteiger partial charge in [0.15, 0.2) is 6.23 Å². The van der Waals surface area contributed by atoms with Gasteiger partial charge in [-0.1, -0.05) is 0 Å². The Kier molecular flexibility index (Phi) is 2.92. The minimum atomic E-state index is -1.31. The van der Waals surface area contributed by atoms with Crippen LogP contribution in [0.5, 0.6) is 0 Å². The van der Waals surface area contributed by atoms with E-state index in [0.717, 1.165) is 4.57 Å². The number of ether oxygens (including phenoxy) is 1. The first kappa shape index (κ1) is 13.0. The molecule has 1 aliphatic rings. The molecule has 1 aromatic heterocycles. The Bertz CT molecular complexity index is 561. The third-order valence-corrected chi connectivity index (χ3v) is 3.10. The van der Waals surface area contributed by atoms with Gasteiger partial charge in [0.25, 0.3) is 5.56 Å². The van der Waals surface area contributed by atoms with E-state index >= 15 is 0 Å². The van der Waals surface area contributed by atoms with Crippen LogP contribution in [-0.4, -0.2) is 37.6 Å². The van der Waals surface area contributed by atoms with Gasteiger partial charge in [-0.05, 0) is 13.8 Å². The minimum absolute atomic E-state index is 0.187. The molecule has 1 aromatic rings. The first-order valence-corrected chi connectivity index (χ1v) is 5.60. The molecule has 7 heteroatoms. The Morgan fingerprint density at radius 2 is 2.22 bits per heavy atom. The van der Waals surface area contributed by atoms with Gasteiger partial charge in [-0.25, -0.2) is 4.79 Å². The number of nitrogens with zero attached hydrogens (tertiary/aromatic N) is 1. The molecule has 1 aliphatic heterocycles. The highest BCUT2D eigenvalue weighted by Gasteiger charge is 2.51. The summed E-state index contributed by atoms with van der Waals surface area (Å²) in [4.78, 5) is 24.8. The molecule has 2 heterocycles. The van der Waals surface area contributed by atoms with Gasteiger partial charge in [0.05, 0.1) is 12.2 Å². The van der Waals surface area contributed by atoms with Crippen LogP contribution in [0.1, 0.15) is 26.5 Å². The lowest BCUT2D eigenvalue weighted by molar-refractivity contribution is -0.120. The predicted octanol–water partition coefficient (Wildman–Crippen LogP) is -1.04. The summed E-state index contributed by atoms with van der Waals surface area (Å²) >= 11 is 0. The van der Waals surface area contributed by atoms with Gasteiger partial charge in [-0.2, -0.15) is 0 Å². The van der Waals surface area contributed by atoms with Gasteiger partial charge < -0.3 is 14.9 Å². The molecule has 1 fully saturated rings. The lowest BCUT2D eigenvalue weighted by Gasteiger charge is -2.25. The van der Waals surface area contributed by atoms with Crippen molar-refractivity contribution >= 4 is 0 Å². The first-order chi connectivity index (χ1) is 8.27. The topological polar surface area (TPSA) is 105 Å². The van der Waals surface area contributed by atoms with Crippen LogP contribution >= 0.6 is 0 Å². The smallest absolute Gasteiger partial charge is 0.330 e. The van der Waals surface area contributed by atoms with E-state index in [9.17, 15) is 19.8 Å². The van der Waals surface area contributed by atoms with Gasteiger partial charge in [0.1, 0.15) is 5.60 Å². The lowest BCUT2D eigenvalue weighted by Crippen LogP contribution is -2.40. The molecule has 3 N–H and O–H groups in total. The highest BCUT2D eigenvalue weighted by atomic mass is 16.6. The SMILES string of the molecule is CC1(CO)CC(C)(O)C(n2ccc(=O)[nH]c2=O)O1. The molecule has 0 amide bonds. The van der Waals surface area contributed by atoms with Crippen molar-refractivity contribution in [3.05, 3.63) is 33.1 Å². The second kappa shape index (κ2) is 4.04. The fourth-order valence-corrected chi connectivity index (χ4v) is 2.34. The molecular weight excluding hydrogens is 240 g/mol. The summed E-state index contributed by atoms with van der Waals surface area (Å²) in [5.41, 5.74) is -3.39. The molecule has 3 unspecified atom stereocenters. The average molecular weight is 256 g/mol. The highest BCUT2D eigenvalue weighted by molar-refractivity contribution is 4.99. The van der Waals surface area contributed by atoms with Gasteiger partial charge >= 0.3 is 5.69 Å². The van der Waals surface area contributed by atoms with Crippen molar-refractivity contribution in [3.8, 4) is 0 Å². The van der Waals surface area contributed by atoms with Gasteiger partial charge in [-0.3, -0.25) is 14.3 Å². The molecule has 100 valence electrons. The summed E-state index contributed by atoms with van der Waals surface area (Å²) < 4.78 is 6.67.